The SMILES string of the molecule is CN1C(C2=CC=CCC2)=C(C(=O)N2C=CN(c3ccncc3)CC2)C2C=NC=NC21. The molecule has 0 aromatic carbocycles. The van der Waals surface area contributed by atoms with Crippen LogP contribution in [0.15, 0.2) is 82.0 Å². The van der Waals surface area contributed by atoms with E-state index in [1.165, 1.54) is 5.57 Å². The van der Waals surface area contributed by atoms with Crippen LogP contribution >= 0.6 is 0 Å². The number of pyridine rings is 1. The molecule has 2 unspecified atom stereocenters. The van der Waals surface area contributed by atoms with E-state index in [1.54, 1.807) is 18.7 Å². The smallest absolute Gasteiger partial charge is 0.256 e. The molecule has 7 nitrogen and oxygen atoms in total. The number of nitrogens with zero attached hydrogens (tertiary/aromatic N) is 6. The van der Waals surface area contributed by atoms with E-state index in [1.807, 2.05) is 42.7 Å². The Morgan fingerprint density at radius 3 is 2.77 bits per heavy atom. The summed E-state index contributed by atoms with van der Waals surface area (Å²) in [4.78, 5) is 32.7. The lowest BCUT2D eigenvalue weighted by molar-refractivity contribution is -0.125. The molecular formula is C23H24N6O. The van der Waals surface area contributed by atoms with Crippen molar-refractivity contribution in [3.8, 4) is 0 Å². The Labute approximate surface area is 176 Å². The monoisotopic (exact) mass is 400 g/mol. The lowest BCUT2D eigenvalue weighted by Gasteiger charge is -2.31. The van der Waals surface area contributed by atoms with Crippen LogP contribution in [-0.2, 0) is 4.79 Å². The Hall–Kier alpha value is -3.48. The number of rotatable bonds is 3. The van der Waals surface area contributed by atoms with Crippen molar-refractivity contribution in [3.63, 3.8) is 0 Å². The lowest BCUT2D eigenvalue weighted by atomic mass is 9.93. The van der Waals surface area contributed by atoms with Crippen LogP contribution in [0.4, 0.5) is 5.69 Å². The number of carbonyl (C=O) groups excluding carboxylic acids is 1. The van der Waals surface area contributed by atoms with Gasteiger partial charge in [-0.15, -0.1) is 0 Å². The molecule has 0 saturated heterocycles. The summed E-state index contributed by atoms with van der Waals surface area (Å²) in [5, 5.41) is 0. The van der Waals surface area contributed by atoms with Crippen molar-refractivity contribution in [2.45, 2.75) is 19.0 Å². The zero-order valence-electron chi connectivity index (χ0n) is 16.9. The first kappa shape index (κ1) is 18.5. The third-order valence-corrected chi connectivity index (χ3v) is 6.00. The van der Waals surface area contributed by atoms with Gasteiger partial charge in [-0.1, -0.05) is 18.2 Å². The molecule has 0 radical (unpaired) electrons. The molecule has 152 valence electrons. The molecule has 4 heterocycles. The van der Waals surface area contributed by atoms with Gasteiger partial charge in [0.2, 0.25) is 0 Å². The first-order valence-corrected chi connectivity index (χ1v) is 10.3. The van der Waals surface area contributed by atoms with Crippen LogP contribution in [-0.4, -0.2) is 59.5 Å². The summed E-state index contributed by atoms with van der Waals surface area (Å²) in [5.41, 5.74) is 4.07. The lowest BCUT2D eigenvalue weighted by Crippen LogP contribution is -2.40. The average molecular weight is 400 g/mol. The molecule has 0 spiro atoms. The van der Waals surface area contributed by atoms with Crippen LogP contribution in [0.5, 0.6) is 0 Å². The molecule has 5 rings (SSSR count). The van der Waals surface area contributed by atoms with Crippen molar-refractivity contribution in [2.75, 3.05) is 25.0 Å². The van der Waals surface area contributed by atoms with Gasteiger partial charge in [-0.05, 0) is 30.5 Å². The third-order valence-electron chi connectivity index (χ3n) is 6.00. The van der Waals surface area contributed by atoms with Crippen LogP contribution < -0.4 is 4.90 Å². The first-order valence-electron chi connectivity index (χ1n) is 10.3. The van der Waals surface area contributed by atoms with Crippen LogP contribution in [0.25, 0.3) is 0 Å². The topological polar surface area (TPSA) is 64.4 Å². The van der Waals surface area contributed by atoms with Gasteiger partial charge in [0.05, 0.1) is 17.2 Å². The highest BCUT2D eigenvalue weighted by Crippen LogP contribution is 2.40. The average Bonchev–Trinajstić information content (AvgIpc) is 3.12. The number of carbonyl (C=O) groups is 1. The summed E-state index contributed by atoms with van der Waals surface area (Å²) < 4.78 is 0. The molecule has 0 fully saturated rings. The Kier molecular flexibility index (Phi) is 4.78. The predicted octanol–water partition coefficient (Wildman–Crippen LogP) is 2.73. The fourth-order valence-electron chi connectivity index (χ4n) is 4.50. The minimum absolute atomic E-state index is 0.0361. The molecule has 1 amide bonds. The highest BCUT2D eigenvalue weighted by atomic mass is 16.2. The zero-order chi connectivity index (χ0) is 20.5. The molecular weight excluding hydrogens is 376 g/mol. The Bertz CT molecular complexity index is 1020. The first-order chi connectivity index (χ1) is 14.7. The fraction of sp³-hybridized carbons (Fsp3) is 0.304. The molecule has 1 aromatic rings. The number of fused-ring (bicyclic) bond motifs is 1. The van der Waals surface area contributed by atoms with E-state index in [2.05, 4.69) is 43.0 Å². The van der Waals surface area contributed by atoms with Gasteiger partial charge in [0.25, 0.3) is 5.91 Å². The van der Waals surface area contributed by atoms with Gasteiger partial charge in [-0.25, -0.2) is 9.98 Å². The van der Waals surface area contributed by atoms with Gasteiger partial charge < -0.3 is 14.7 Å². The van der Waals surface area contributed by atoms with Crippen LogP contribution in [0.3, 0.4) is 0 Å². The van der Waals surface area contributed by atoms with E-state index >= 15 is 0 Å². The van der Waals surface area contributed by atoms with Gasteiger partial charge in [0, 0.05) is 56.8 Å². The summed E-state index contributed by atoms with van der Waals surface area (Å²) in [6.45, 7) is 1.35. The normalized spacial score (nSPS) is 25.1. The quantitative estimate of drug-likeness (QED) is 0.783. The van der Waals surface area contributed by atoms with Crippen molar-refractivity contribution >= 4 is 24.1 Å². The molecule has 30 heavy (non-hydrogen) atoms. The summed E-state index contributed by atoms with van der Waals surface area (Å²) in [6, 6.07) is 3.94. The van der Waals surface area contributed by atoms with E-state index in [0.29, 0.717) is 6.54 Å². The van der Waals surface area contributed by atoms with E-state index in [9.17, 15) is 4.79 Å². The molecule has 0 saturated carbocycles. The molecule has 1 aromatic heterocycles. The highest BCUT2D eigenvalue weighted by molar-refractivity contribution is 6.01. The molecule has 0 bridgehead atoms. The minimum Gasteiger partial charge on any atom is -0.351 e. The van der Waals surface area contributed by atoms with Crippen molar-refractivity contribution < 1.29 is 4.79 Å². The molecule has 4 aliphatic rings. The number of amides is 1. The Balaban J connectivity index is 1.47. The maximum Gasteiger partial charge on any atom is 0.256 e. The maximum absolute atomic E-state index is 13.7. The second kappa shape index (κ2) is 7.74. The summed E-state index contributed by atoms with van der Waals surface area (Å²) in [7, 11) is 2.03. The summed E-state index contributed by atoms with van der Waals surface area (Å²) in [6.07, 6.45) is 19.0. The van der Waals surface area contributed by atoms with Gasteiger partial charge in [0.15, 0.2) is 0 Å². The van der Waals surface area contributed by atoms with Gasteiger partial charge in [-0.2, -0.15) is 0 Å². The van der Waals surface area contributed by atoms with Crippen LogP contribution in [0, 0.1) is 5.92 Å². The van der Waals surface area contributed by atoms with Gasteiger partial charge in [-0.3, -0.25) is 9.78 Å². The summed E-state index contributed by atoms with van der Waals surface area (Å²) in [5.74, 6) is -0.0880. The van der Waals surface area contributed by atoms with Crippen molar-refractivity contribution in [1.82, 2.24) is 14.8 Å². The van der Waals surface area contributed by atoms with Crippen molar-refractivity contribution in [2.24, 2.45) is 15.9 Å². The molecule has 3 aliphatic heterocycles. The largest absolute Gasteiger partial charge is 0.351 e. The number of hydrogen-bond donors (Lipinski definition) is 0. The number of aromatic nitrogens is 1. The molecule has 1 aliphatic carbocycles. The van der Waals surface area contributed by atoms with Gasteiger partial charge >= 0.3 is 0 Å². The molecule has 2 atom stereocenters. The predicted molar refractivity (Wildman–Crippen MR) is 118 cm³/mol. The number of likely N-dealkylation sites (N-methyl/N-ethyl adjacent to an activating group) is 1. The highest BCUT2D eigenvalue weighted by Gasteiger charge is 2.44. The fourth-order valence-corrected chi connectivity index (χ4v) is 4.50. The zero-order valence-corrected chi connectivity index (χ0v) is 16.9. The number of aliphatic imine (C=N–C) groups is 2. The third kappa shape index (κ3) is 3.16. The van der Waals surface area contributed by atoms with Crippen molar-refractivity contribution in [1.29, 1.82) is 0 Å². The maximum atomic E-state index is 13.7. The van der Waals surface area contributed by atoms with E-state index < -0.39 is 0 Å². The molecule has 0 N–H and O–H groups in total. The Morgan fingerprint density at radius 2 is 2.03 bits per heavy atom. The standard InChI is InChI=1S/C23H24N6O/c1-27-21(17-5-3-2-4-6-17)20(19-15-25-16-26-22(19)27)23(30)29-13-11-28(12-14-29)18-7-9-24-10-8-18/h2-3,5,7-11,13,15-16,19,22H,4,6,12,14H2,1H3. The number of anilines is 1. The second-order valence-corrected chi connectivity index (χ2v) is 7.73. The molecule has 7 heteroatoms. The number of hydrogen-bond acceptors (Lipinski definition) is 6. The van der Waals surface area contributed by atoms with Crippen LogP contribution in [0.1, 0.15) is 12.8 Å². The van der Waals surface area contributed by atoms with E-state index in [0.717, 1.165) is 36.3 Å². The Morgan fingerprint density at radius 1 is 1.17 bits per heavy atom. The summed E-state index contributed by atoms with van der Waals surface area (Å²) >= 11 is 0. The van der Waals surface area contributed by atoms with Gasteiger partial charge in [0.1, 0.15) is 12.5 Å². The van der Waals surface area contributed by atoms with E-state index in [-0.39, 0.29) is 18.0 Å². The van der Waals surface area contributed by atoms with Crippen molar-refractivity contribution in [3.05, 3.63) is 72.0 Å². The second-order valence-electron chi connectivity index (χ2n) is 7.73. The number of allylic oxidation sites excluding steroid dienone is 4. The van der Waals surface area contributed by atoms with Crippen LogP contribution in [0.2, 0.25) is 0 Å². The van der Waals surface area contributed by atoms with E-state index in [4.69, 9.17) is 0 Å². The minimum atomic E-state index is -0.124.